The Morgan fingerprint density at radius 1 is 1.04 bits per heavy atom. The van der Waals surface area contributed by atoms with Gasteiger partial charge in [0.05, 0.1) is 24.5 Å². The summed E-state index contributed by atoms with van der Waals surface area (Å²) in [7, 11) is 0. The molecule has 2 aromatic rings. The van der Waals surface area contributed by atoms with Crippen molar-refractivity contribution in [3.8, 4) is 11.1 Å². The third-order valence-corrected chi connectivity index (χ3v) is 5.87. The molecular formula is C21H29N5O. The molecule has 4 rings (SSSR count). The number of pyridine rings is 1. The van der Waals surface area contributed by atoms with Crippen LogP contribution in [-0.4, -0.2) is 57.1 Å². The van der Waals surface area contributed by atoms with Crippen LogP contribution in [0.4, 0.5) is 0 Å². The predicted octanol–water partition coefficient (Wildman–Crippen LogP) is 3.40. The molecule has 0 aliphatic carbocycles. The van der Waals surface area contributed by atoms with Crippen LogP contribution in [-0.2, 0) is 4.79 Å². The molecule has 1 amide bonds. The van der Waals surface area contributed by atoms with Crippen LogP contribution in [0.5, 0.6) is 0 Å². The number of aromatic amines is 1. The fourth-order valence-electron chi connectivity index (χ4n) is 4.42. The number of amides is 1. The molecule has 4 heterocycles. The molecule has 6 heteroatoms. The smallest absolute Gasteiger partial charge is 0.237 e. The number of aromatic nitrogens is 3. The maximum Gasteiger partial charge on any atom is 0.237 e. The molecule has 2 aliphatic rings. The van der Waals surface area contributed by atoms with Crippen LogP contribution in [0.25, 0.3) is 11.1 Å². The lowest BCUT2D eigenvalue weighted by Crippen LogP contribution is -2.44. The summed E-state index contributed by atoms with van der Waals surface area (Å²) < 4.78 is 0. The van der Waals surface area contributed by atoms with E-state index in [0.717, 1.165) is 55.7 Å². The van der Waals surface area contributed by atoms with Crippen LogP contribution in [0.3, 0.4) is 0 Å². The Bertz CT molecular complexity index is 736. The molecule has 1 N–H and O–H groups in total. The second-order valence-electron chi connectivity index (χ2n) is 7.72. The third-order valence-electron chi connectivity index (χ3n) is 5.87. The summed E-state index contributed by atoms with van der Waals surface area (Å²) in [5.41, 5.74) is 3.24. The molecule has 0 spiro atoms. The molecule has 0 saturated carbocycles. The summed E-state index contributed by atoms with van der Waals surface area (Å²) in [6.45, 7) is 3.49. The molecule has 144 valence electrons. The standard InChI is InChI=1S/C21H29N5O/c27-20(16-25-12-4-1-2-5-13-25)26-14-6-3-7-19(26)21-18(15-23-24-21)17-8-10-22-11-9-17/h8-11,15,19H,1-7,12-14,16H2,(H,23,24)/t19-/m1/s1. The average molecular weight is 367 g/mol. The topological polar surface area (TPSA) is 65.1 Å². The van der Waals surface area contributed by atoms with Crippen molar-refractivity contribution in [2.75, 3.05) is 26.2 Å². The first-order valence-electron chi connectivity index (χ1n) is 10.3. The lowest BCUT2D eigenvalue weighted by molar-refractivity contribution is -0.136. The van der Waals surface area contributed by atoms with Crippen LogP contribution in [0, 0.1) is 0 Å². The first kappa shape index (κ1) is 18.2. The van der Waals surface area contributed by atoms with Crippen LogP contribution < -0.4 is 0 Å². The molecule has 2 aliphatic heterocycles. The van der Waals surface area contributed by atoms with E-state index >= 15 is 0 Å². The minimum atomic E-state index is 0.0869. The summed E-state index contributed by atoms with van der Waals surface area (Å²) in [4.78, 5) is 21.7. The Kier molecular flexibility index (Phi) is 5.82. The Labute approximate surface area is 161 Å². The number of nitrogens with one attached hydrogen (secondary N) is 1. The van der Waals surface area contributed by atoms with Gasteiger partial charge in [0.25, 0.3) is 0 Å². The van der Waals surface area contributed by atoms with E-state index in [9.17, 15) is 4.79 Å². The zero-order chi connectivity index (χ0) is 18.5. The number of carbonyl (C=O) groups excluding carboxylic acids is 1. The highest BCUT2D eigenvalue weighted by atomic mass is 16.2. The monoisotopic (exact) mass is 367 g/mol. The average Bonchev–Trinajstić information content (AvgIpc) is 3.07. The Hall–Kier alpha value is -2.21. The largest absolute Gasteiger partial charge is 0.333 e. The van der Waals surface area contributed by atoms with Gasteiger partial charge < -0.3 is 4.90 Å². The van der Waals surface area contributed by atoms with Gasteiger partial charge in [-0.2, -0.15) is 5.10 Å². The van der Waals surface area contributed by atoms with Gasteiger partial charge in [0.1, 0.15) is 0 Å². The molecule has 27 heavy (non-hydrogen) atoms. The first-order valence-corrected chi connectivity index (χ1v) is 10.3. The van der Waals surface area contributed by atoms with Gasteiger partial charge in [-0.1, -0.05) is 12.8 Å². The van der Waals surface area contributed by atoms with Gasteiger partial charge in [0, 0.05) is 24.5 Å². The number of H-pyrrole nitrogens is 1. The summed E-state index contributed by atoms with van der Waals surface area (Å²) in [6, 6.07) is 4.09. The molecule has 2 fully saturated rings. The Morgan fingerprint density at radius 3 is 2.56 bits per heavy atom. The van der Waals surface area contributed by atoms with Crippen LogP contribution in [0.15, 0.2) is 30.7 Å². The second kappa shape index (κ2) is 8.65. The zero-order valence-electron chi connectivity index (χ0n) is 15.9. The van der Waals surface area contributed by atoms with Crippen LogP contribution >= 0.6 is 0 Å². The highest BCUT2D eigenvalue weighted by molar-refractivity contribution is 5.79. The molecule has 0 radical (unpaired) electrons. The number of rotatable bonds is 4. The quantitative estimate of drug-likeness (QED) is 0.899. The summed E-state index contributed by atoms with van der Waals surface area (Å²) in [6.07, 6.45) is 13.7. The van der Waals surface area contributed by atoms with Crippen molar-refractivity contribution in [3.63, 3.8) is 0 Å². The van der Waals surface area contributed by atoms with Gasteiger partial charge in [-0.15, -0.1) is 0 Å². The van der Waals surface area contributed by atoms with Gasteiger partial charge in [-0.25, -0.2) is 0 Å². The minimum absolute atomic E-state index is 0.0869. The van der Waals surface area contributed by atoms with Crippen LogP contribution in [0.2, 0.25) is 0 Å². The number of nitrogens with zero attached hydrogens (tertiary/aromatic N) is 4. The predicted molar refractivity (Wildman–Crippen MR) is 105 cm³/mol. The fourth-order valence-corrected chi connectivity index (χ4v) is 4.42. The fraction of sp³-hybridized carbons (Fsp3) is 0.571. The minimum Gasteiger partial charge on any atom is -0.333 e. The van der Waals surface area contributed by atoms with Gasteiger partial charge in [0.15, 0.2) is 0 Å². The number of piperidine rings is 1. The summed E-state index contributed by atoms with van der Waals surface area (Å²) in [5, 5.41) is 7.50. The van der Waals surface area contributed by atoms with Crippen molar-refractivity contribution < 1.29 is 4.79 Å². The SMILES string of the molecule is O=C(CN1CCCCCC1)N1CCCC[C@@H]1c1[nH]ncc1-c1ccncc1. The number of carbonyl (C=O) groups is 1. The maximum absolute atomic E-state index is 13.2. The zero-order valence-corrected chi connectivity index (χ0v) is 15.9. The maximum atomic E-state index is 13.2. The lowest BCUT2D eigenvalue weighted by Gasteiger charge is -2.37. The normalized spacial score (nSPS) is 21.8. The summed E-state index contributed by atoms with van der Waals surface area (Å²) in [5.74, 6) is 0.261. The van der Waals surface area contributed by atoms with Gasteiger partial charge in [0.2, 0.25) is 5.91 Å². The van der Waals surface area contributed by atoms with E-state index in [1.807, 2.05) is 18.3 Å². The van der Waals surface area contributed by atoms with Crippen LogP contribution in [0.1, 0.15) is 56.7 Å². The molecule has 0 aromatic carbocycles. The molecular weight excluding hydrogens is 338 g/mol. The van der Waals surface area contributed by atoms with E-state index in [1.54, 1.807) is 12.4 Å². The molecule has 2 saturated heterocycles. The molecule has 6 nitrogen and oxygen atoms in total. The molecule has 2 aromatic heterocycles. The van der Waals surface area contributed by atoms with Crippen molar-refractivity contribution in [2.45, 2.75) is 51.0 Å². The van der Waals surface area contributed by atoms with E-state index < -0.39 is 0 Å². The Morgan fingerprint density at radius 2 is 1.78 bits per heavy atom. The lowest BCUT2D eigenvalue weighted by atomic mass is 9.94. The van der Waals surface area contributed by atoms with Gasteiger partial charge in [-0.05, 0) is 62.9 Å². The second-order valence-corrected chi connectivity index (χ2v) is 7.72. The molecule has 0 bridgehead atoms. The number of hydrogen-bond donors (Lipinski definition) is 1. The number of hydrogen-bond acceptors (Lipinski definition) is 4. The van der Waals surface area contributed by atoms with Gasteiger partial charge >= 0.3 is 0 Å². The Balaban J connectivity index is 1.53. The van der Waals surface area contributed by atoms with E-state index in [-0.39, 0.29) is 11.9 Å². The van der Waals surface area contributed by atoms with Crippen molar-refractivity contribution in [1.29, 1.82) is 0 Å². The van der Waals surface area contributed by atoms with Crippen molar-refractivity contribution in [1.82, 2.24) is 25.0 Å². The van der Waals surface area contributed by atoms with Crippen molar-refractivity contribution in [2.24, 2.45) is 0 Å². The van der Waals surface area contributed by atoms with Crippen molar-refractivity contribution >= 4 is 5.91 Å². The first-order chi connectivity index (χ1) is 13.3. The van der Waals surface area contributed by atoms with E-state index in [4.69, 9.17) is 0 Å². The van der Waals surface area contributed by atoms with Gasteiger partial charge in [-0.3, -0.25) is 19.8 Å². The van der Waals surface area contributed by atoms with E-state index in [0.29, 0.717) is 6.54 Å². The highest BCUT2D eigenvalue weighted by Gasteiger charge is 2.31. The van der Waals surface area contributed by atoms with E-state index in [2.05, 4.69) is 25.0 Å². The number of likely N-dealkylation sites (tertiary alicyclic amines) is 2. The third kappa shape index (κ3) is 4.21. The molecule has 0 unspecified atom stereocenters. The summed E-state index contributed by atoms with van der Waals surface area (Å²) >= 11 is 0. The van der Waals surface area contributed by atoms with Crippen molar-refractivity contribution in [3.05, 3.63) is 36.4 Å². The molecule has 1 atom stereocenters. The van der Waals surface area contributed by atoms with E-state index in [1.165, 1.54) is 25.7 Å². The highest BCUT2D eigenvalue weighted by Crippen LogP contribution is 2.35.